The van der Waals surface area contributed by atoms with Gasteiger partial charge < -0.3 is 15.6 Å². The molecule has 3 N–H and O–H groups in total. The molecule has 1 aliphatic rings. The molecule has 1 aliphatic carbocycles. The molecule has 3 rings (SSSR count). The average molecular weight is 267 g/mol. The summed E-state index contributed by atoms with van der Waals surface area (Å²) in [5.41, 5.74) is 6.56. The van der Waals surface area contributed by atoms with E-state index >= 15 is 0 Å². The monoisotopic (exact) mass is 267 g/mol. The molecule has 2 aromatic carbocycles. The van der Waals surface area contributed by atoms with Crippen molar-refractivity contribution in [3.05, 3.63) is 65.9 Å². The van der Waals surface area contributed by atoms with Crippen LogP contribution in [0.15, 0.2) is 60.4 Å². The topological polar surface area (TPSA) is 55.5 Å². The van der Waals surface area contributed by atoms with E-state index in [1.807, 2.05) is 48.6 Å². The predicted molar refractivity (Wildman–Crippen MR) is 80.3 cm³/mol. The summed E-state index contributed by atoms with van der Waals surface area (Å²) in [6.07, 6.45) is 6.29. The van der Waals surface area contributed by atoms with Crippen molar-refractivity contribution in [1.82, 2.24) is 0 Å². The fraction of sp³-hybridized carbons (Fsp3) is 0.176. The van der Waals surface area contributed by atoms with Gasteiger partial charge in [-0.05, 0) is 35.4 Å². The molecule has 3 heteroatoms. The van der Waals surface area contributed by atoms with E-state index in [-0.39, 0.29) is 5.75 Å². The van der Waals surface area contributed by atoms with E-state index in [9.17, 15) is 5.11 Å². The number of methoxy groups -OCH3 is 1. The van der Waals surface area contributed by atoms with Gasteiger partial charge in [0.25, 0.3) is 0 Å². The van der Waals surface area contributed by atoms with Gasteiger partial charge in [0.1, 0.15) is 11.5 Å². The van der Waals surface area contributed by atoms with Crippen LogP contribution < -0.4 is 5.73 Å². The number of rotatable bonds is 2. The Morgan fingerprint density at radius 3 is 2.70 bits per heavy atom. The number of hydrogen-bond donors (Lipinski definition) is 2. The number of ether oxygens (including phenoxy) is 1. The van der Waals surface area contributed by atoms with Crippen molar-refractivity contribution >= 4 is 10.8 Å². The molecule has 0 spiro atoms. The first-order valence-electron chi connectivity index (χ1n) is 6.57. The minimum absolute atomic E-state index is 0.227. The molecule has 0 saturated carbocycles. The second kappa shape index (κ2) is 4.69. The highest BCUT2D eigenvalue weighted by molar-refractivity contribution is 5.89. The van der Waals surface area contributed by atoms with Crippen LogP contribution in [0.25, 0.3) is 10.8 Å². The van der Waals surface area contributed by atoms with Gasteiger partial charge in [-0.15, -0.1) is 0 Å². The van der Waals surface area contributed by atoms with Crippen LogP contribution in [0, 0.1) is 0 Å². The first-order valence-corrected chi connectivity index (χ1v) is 6.57. The summed E-state index contributed by atoms with van der Waals surface area (Å²) < 4.78 is 5.19. The van der Waals surface area contributed by atoms with E-state index in [1.54, 1.807) is 13.2 Å². The Hall–Kier alpha value is -2.26. The maximum atomic E-state index is 10.3. The molecule has 20 heavy (non-hydrogen) atoms. The third kappa shape index (κ3) is 1.96. The van der Waals surface area contributed by atoms with Crippen molar-refractivity contribution in [3.63, 3.8) is 0 Å². The first kappa shape index (κ1) is 12.8. The molecule has 1 unspecified atom stereocenters. The molecule has 0 bridgehead atoms. The maximum absolute atomic E-state index is 10.3. The fourth-order valence-electron chi connectivity index (χ4n) is 2.72. The summed E-state index contributed by atoms with van der Waals surface area (Å²) in [6.45, 7) is 0. The number of allylic oxidation sites excluding steroid dienone is 1. The standard InChI is InChI=1S/C17H17NO2/c1-20-13-8-10-17(18,11-9-13)16-14-5-3-2-4-12(14)6-7-15(16)19/h2-10,19H,11,18H2,1H3. The van der Waals surface area contributed by atoms with Crippen LogP contribution in [0.2, 0.25) is 0 Å². The van der Waals surface area contributed by atoms with Gasteiger partial charge in [0.05, 0.1) is 12.6 Å². The summed E-state index contributed by atoms with van der Waals surface area (Å²) in [7, 11) is 1.63. The zero-order valence-electron chi connectivity index (χ0n) is 11.3. The van der Waals surface area contributed by atoms with Gasteiger partial charge >= 0.3 is 0 Å². The fourth-order valence-corrected chi connectivity index (χ4v) is 2.72. The Bertz CT molecular complexity index is 718. The summed E-state index contributed by atoms with van der Waals surface area (Å²) in [5.74, 6) is 1.02. The molecule has 0 heterocycles. The molecule has 0 saturated heterocycles. The van der Waals surface area contributed by atoms with Crippen molar-refractivity contribution in [2.45, 2.75) is 12.0 Å². The molecule has 0 radical (unpaired) electrons. The van der Waals surface area contributed by atoms with Gasteiger partial charge in [0.15, 0.2) is 0 Å². The number of hydrogen-bond acceptors (Lipinski definition) is 3. The summed E-state index contributed by atoms with van der Waals surface area (Å²) in [6, 6.07) is 11.5. The average Bonchev–Trinajstić information content (AvgIpc) is 2.47. The molecule has 0 aromatic heterocycles. The molecule has 0 fully saturated rings. The Balaban J connectivity index is 2.18. The molecule has 0 aliphatic heterocycles. The summed E-state index contributed by atoms with van der Waals surface area (Å²) in [5, 5.41) is 12.3. The molecular formula is C17H17NO2. The lowest BCUT2D eigenvalue weighted by Gasteiger charge is -2.30. The van der Waals surface area contributed by atoms with Crippen molar-refractivity contribution in [1.29, 1.82) is 0 Å². The van der Waals surface area contributed by atoms with Gasteiger partial charge in [-0.1, -0.05) is 36.4 Å². The number of aromatic hydroxyl groups is 1. The molecule has 0 amide bonds. The number of fused-ring (bicyclic) bond motifs is 1. The minimum Gasteiger partial charge on any atom is -0.508 e. The molecule has 102 valence electrons. The van der Waals surface area contributed by atoms with Crippen LogP contribution in [0.3, 0.4) is 0 Å². The highest BCUT2D eigenvalue weighted by atomic mass is 16.5. The second-order valence-corrected chi connectivity index (χ2v) is 5.07. The van der Waals surface area contributed by atoms with Crippen LogP contribution in [0.4, 0.5) is 0 Å². The zero-order valence-corrected chi connectivity index (χ0v) is 11.3. The molecular weight excluding hydrogens is 250 g/mol. The molecule has 3 nitrogen and oxygen atoms in total. The van der Waals surface area contributed by atoms with Gasteiger partial charge in [-0.25, -0.2) is 0 Å². The highest BCUT2D eigenvalue weighted by Gasteiger charge is 2.30. The Morgan fingerprint density at radius 1 is 1.20 bits per heavy atom. The van der Waals surface area contributed by atoms with E-state index in [4.69, 9.17) is 10.5 Å². The second-order valence-electron chi connectivity index (χ2n) is 5.07. The van der Waals surface area contributed by atoms with Gasteiger partial charge in [0.2, 0.25) is 0 Å². The highest BCUT2D eigenvalue weighted by Crippen LogP contribution is 2.39. The first-order chi connectivity index (χ1) is 9.64. The lowest BCUT2D eigenvalue weighted by atomic mass is 9.81. The van der Waals surface area contributed by atoms with Crippen molar-refractivity contribution in [2.24, 2.45) is 5.73 Å². The van der Waals surface area contributed by atoms with Crippen molar-refractivity contribution in [3.8, 4) is 5.75 Å². The van der Waals surface area contributed by atoms with Gasteiger partial charge in [0, 0.05) is 5.56 Å². The largest absolute Gasteiger partial charge is 0.508 e. The lowest BCUT2D eigenvalue weighted by Crippen LogP contribution is -2.35. The van der Waals surface area contributed by atoms with E-state index < -0.39 is 5.54 Å². The normalized spacial score (nSPS) is 21.8. The SMILES string of the molecule is COC1=CCC(N)(c2c(O)ccc3ccccc23)C=C1. The molecule has 1 atom stereocenters. The van der Waals surface area contributed by atoms with Gasteiger partial charge in [-0.3, -0.25) is 0 Å². The Morgan fingerprint density at radius 2 is 2.00 bits per heavy atom. The van der Waals surface area contributed by atoms with Crippen molar-refractivity contribution in [2.75, 3.05) is 7.11 Å². The van der Waals surface area contributed by atoms with E-state index in [0.29, 0.717) is 6.42 Å². The van der Waals surface area contributed by atoms with Crippen molar-refractivity contribution < 1.29 is 9.84 Å². The van der Waals surface area contributed by atoms with Crippen LogP contribution in [0.1, 0.15) is 12.0 Å². The van der Waals surface area contributed by atoms with E-state index in [1.165, 1.54) is 0 Å². The van der Waals surface area contributed by atoms with Crippen LogP contribution in [-0.2, 0) is 10.3 Å². The number of benzene rings is 2. The van der Waals surface area contributed by atoms with Crippen LogP contribution in [-0.4, -0.2) is 12.2 Å². The Labute approximate surface area is 118 Å². The maximum Gasteiger partial charge on any atom is 0.121 e. The number of nitrogens with two attached hydrogens (primary N) is 1. The zero-order chi connectivity index (χ0) is 14.2. The predicted octanol–water partition coefficient (Wildman–Crippen LogP) is 3.19. The smallest absolute Gasteiger partial charge is 0.121 e. The third-order valence-electron chi connectivity index (χ3n) is 3.79. The lowest BCUT2D eigenvalue weighted by molar-refractivity contribution is 0.299. The van der Waals surface area contributed by atoms with E-state index in [0.717, 1.165) is 22.1 Å². The summed E-state index contributed by atoms with van der Waals surface area (Å²) >= 11 is 0. The van der Waals surface area contributed by atoms with Crippen LogP contribution in [0.5, 0.6) is 5.75 Å². The number of phenols is 1. The van der Waals surface area contributed by atoms with Gasteiger partial charge in [-0.2, -0.15) is 0 Å². The number of phenolic OH excluding ortho intramolecular Hbond substituents is 1. The minimum atomic E-state index is -0.715. The summed E-state index contributed by atoms with van der Waals surface area (Å²) in [4.78, 5) is 0. The molecule has 2 aromatic rings. The third-order valence-corrected chi connectivity index (χ3v) is 3.79. The quantitative estimate of drug-likeness (QED) is 0.878. The van der Waals surface area contributed by atoms with E-state index in [2.05, 4.69) is 0 Å². The Kier molecular flexibility index (Phi) is 2.99. The van der Waals surface area contributed by atoms with Crippen LogP contribution >= 0.6 is 0 Å².